The molecule has 9 nitrogen and oxygen atoms in total. The van der Waals surface area contributed by atoms with E-state index >= 15 is 0 Å². The van der Waals surface area contributed by atoms with Crippen molar-refractivity contribution in [1.82, 2.24) is 25.3 Å². The fourth-order valence-corrected chi connectivity index (χ4v) is 4.40. The number of thiophene rings is 1. The van der Waals surface area contributed by atoms with Crippen molar-refractivity contribution in [1.29, 1.82) is 0 Å². The third kappa shape index (κ3) is 4.06. The highest BCUT2D eigenvalue weighted by Gasteiger charge is 2.20. The standard InChI is InChI=1S/C15H16N6O3S2/c1-10-3-5-13(19-18-10)21-14(7-8-17-21)20-26(23,24)15-6-4-12(25-15)9-16-11(2)22/h3-8,20H,9H2,1-2H3,(H,16,22). The summed E-state index contributed by atoms with van der Waals surface area (Å²) in [4.78, 5) is 11.7. The van der Waals surface area contributed by atoms with E-state index in [0.29, 0.717) is 5.82 Å². The third-order valence-electron chi connectivity index (χ3n) is 3.30. The number of anilines is 1. The molecule has 0 saturated carbocycles. The van der Waals surface area contributed by atoms with Crippen molar-refractivity contribution in [3.8, 4) is 5.82 Å². The molecule has 3 rings (SSSR count). The number of hydrogen-bond acceptors (Lipinski definition) is 7. The maximum absolute atomic E-state index is 12.6. The fraction of sp³-hybridized carbons (Fsp3) is 0.200. The van der Waals surface area contributed by atoms with E-state index in [1.54, 1.807) is 25.1 Å². The number of aromatic nitrogens is 4. The Bertz CT molecular complexity index is 1020. The van der Waals surface area contributed by atoms with E-state index in [-0.39, 0.29) is 22.5 Å². The van der Waals surface area contributed by atoms with Crippen LogP contribution in [0.4, 0.5) is 5.82 Å². The Kier molecular flexibility index (Phi) is 5.00. The Morgan fingerprint density at radius 2 is 2.00 bits per heavy atom. The molecule has 0 aliphatic rings. The van der Waals surface area contributed by atoms with E-state index in [4.69, 9.17) is 0 Å². The Morgan fingerprint density at radius 3 is 2.69 bits per heavy atom. The highest BCUT2D eigenvalue weighted by atomic mass is 32.2. The van der Waals surface area contributed by atoms with Gasteiger partial charge in [-0.05, 0) is 31.2 Å². The fourth-order valence-electron chi connectivity index (χ4n) is 2.07. The molecule has 0 radical (unpaired) electrons. The topological polar surface area (TPSA) is 119 Å². The highest BCUT2D eigenvalue weighted by Crippen LogP contribution is 2.24. The molecule has 1 amide bonds. The summed E-state index contributed by atoms with van der Waals surface area (Å²) in [6.07, 6.45) is 1.47. The van der Waals surface area contributed by atoms with Crippen molar-refractivity contribution in [2.24, 2.45) is 0 Å². The number of nitrogens with zero attached hydrogens (tertiary/aromatic N) is 4. The second-order valence-electron chi connectivity index (χ2n) is 5.40. The van der Waals surface area contributed by atoms with Crippen molar-refractivity contribution in [3.63, 3.8) is 0 Å². The number of carbonyl (C=O) groups is 1. The third-order valence-corrected chi connectivity index (χ3v) is 6.23. The molecule has 0 saturated heterocycles. The molecule has 0 aliphatic carbocycles. The summed E-state index contributed by atoms with van der Waals surface area (Å²) in [5, 5.41) is 14.7. The molecule has 0 fully saturated rings. The van der Waals surface area contributed by atoms with Crippen LogP contribution in [0.3, 0.4) is 0 Å². The van der Waals surface area contributed by atoms with Gasteiger partial charge in [0.05, 0.1) is 18.4 Å². The largest absolute Gasteiger partial charge is 0.351 e. The molecule has 3 heterocycles. The van der Waals surface area contributed by atoms with E-state index in [1.807, 2.05) is 0 Å². The van der Waals surface area contributed by atoms with Crippen LogP contribution in [0.2, 0.25) is 0 Å². The maximum atomic E-state index is 12.6. The van der Waals surface area contributed by atoms with Gasteiger partial charge in [0.1, 0.15) is 10.0 Å². The summed E-state index contributed by atoms with van der Waals surface area (Å²) >= 11 is 1.08. The van der Waals surface area contributed by atoms with Crippen molar-refractivity contribution in [2.75, 3.05) is 4.72 Å². The first-order chi connectivity index (χ1) is 12.3. The predicted molar refractivity (Wildman–Crippen MR) is 96.5 cm³/mol. The highest BCUT2D eigenvalue weighted by molar-refractivity contribution is 7.94. The Balaban J connectivity index is 1.81. The second-order valence-corrected chi connectivity index (χ2v) is 8.47. The van der Waals surface area contributed by atoms with Crippen LogP contribution in [-0.2, 0) is 21.4 Å². The summed E-state index contributed by atoms with van der Waals surface area (Å²) in [6.45, 7) is 3.49. The molecular weight excluding hydrogens is 376 g/mol. The molecule has 26 heavy (non-hydrogen) atoms. The predicted octanol–water partition coefficient (Wildman–Crippen LogP) is 1.47. The molecule has 0 unspecified atom stereocenters. The lowest BCUT2D eigenvalue weighted by atomic mass is 10.4. The minimum atomic E-state index is -3.79. The van der Waals surface area contributed by atoms with Gasteiger partial charge in [0.15, 0.2) is 5.82 Å². The first-order valence-electron chi connectivity index (χ1n) is 7.56. The van der Waals surface area contributed by atoms with Crippen LogP contribution in [0.15, 0.2) is 40.7 Å². The number of nitrogens with one attached hydrogen (secondary N) is 2. The molecule has 0 aliphatic heterocycles. The van der Waals surface area contributed by atoms with E-state index in [1.165, 1.54) is 29.9 Å². The van der Waals surface area contributed by atoms with Gasteiger partial charge in [-0.25, -0.2) is 8.42 Å². The van der Waals surface area contributed by atoms with Gasteiger partial charge < -0.3 is 5.32 Å². The molecular formula is C15H16N6O3S2. The Morgan fingerprint density at radius 1 is 1.19 bits per heavy atom. The van der Waals surface area contributed by atoms with Crippen molar-refractivity contribution in [2.45, 2.75) is 24.6 Å². The maximum Gasteiger partial charge on any atom is 0.272 e. The SMILES string of the molecule is CC(=O)NCc1ccc(S(=O)(=O)Nc2ccnn2-c2ccc(C)nn2)s1. The van der Waals surface area contributed by atoms with Gasteiger partial charge in [-0.3, -0.25) is 9.52 Å². The zero-order valence-corrected chi connectivity index (χ0v) is 15.6. The van der Waals surface area contributed by atoms with Crippen LogP contribution >= 0.6 is 11.3 Å². The van der Waals surface area contributed by atoms with E-state index < -0.39 is 10.0 Å². The van der Waals surface area contributed by atoms with Crippen molar-refractivity contribution >= 4 is 33.1 Å². The van der Waals surface area contributed by atoms with Crippen molar-refractivity contribution in [3.05, 3.63) is 47.1 Å². The van der Waals surface area contributed by atoms with E-state index in [2.05, 4.69) is 25.3 Å². The number of sulfonamides is 1. The van der Waals surface area contributed by atoms with Crippen LogP contribution in [0.1, 0.15) is 17.5 Å². The van der Waals surface area contributed by atoms with Gasteiger partial charge in [-0.15, -0.1) is 16.4 Å². The average Bonchev–Trinajstić information content (AvgIpc) is 3.23. The van der Waals surface area contributed by atoms with Crippen LogP contribution in [-0.4, -0.2) is 34.3 Å². The van der Waals surface area contributed by atoms with Crippen LogP contribution in [0.25, 0.3) is 5.82 Å². The number of carbonyl (C=O) groups excluding carboxylic acids is 1. The lowest BCUT2D eigenvalue weighted by Gasteiger charge is -2.08. The second kappa shape index (κ2) is 7.22. The minimum absolute atomic E-state index is 0.139. The van der Waals surface area contributed by atoms with Gasteiger partial charge in [0.2, 0.25) is 5.91 Å². The van der Waals surface area contributed by atoms with E-state index in [0.717, 1.165) is 21.9 Å². The molecule has 136 valence electrons. The lowest BCUT2D eigenvalue weighted by Crippen LogP contribution is -2.18. The van der Waals surface area contributed by atoms with Gasteiger partial charge in [0, 0.05) is 17.9 Å². The smallest absolute Gasteiger partial charge is 0.272 e. The molecule has 11 heteroatoms. The number of aryl methyl sites for hydroxylation is 1. The Labute approximate surface area is 154 Å². The average molecular weight is 392 g/mol. The van der Waals surface area contributed by atoms with Gasteiger partial charge >= 0.3 is 0 Å². The van der Waals surface area contributed by atoms with Crippen LogP contribution in [0, 0.1) is 6.92 Å². The van der Waals surface area contributed by atoms with Crippen molar-refractivity contribution < 1.29 is 13.2 Å². The normalized spacial score (nSPS) is 11.3. The molecule has 3 aromatic heterocycles. The molecule has 2 N–H and O–H groups in total. The zero-order chi connectivity index (χ0) is 18.7. The summed E-state index contributed by atoms with van der Waals surface area (Å²) in [5.41, 5.74) is 0.744. The quantitative estimate of drug-likeness (QED) is 0.656. The number of amides is 1. The van der Waals surface area contributed by atoms with Crippen LogP contribution in [0.5, 0.6) is 0 Å². The van der Waals surface area contributed by atoms with Gasteiger partial charge in [-0.2, -0.15) is 14.9 Å². The zero-order valence-electron chi connectivity index (χ0n) is 14.0. The first-order valence-corrected chi connectivity index (χ1v) is 9.86. The van der Waals surface area contributed by atoms with Gasteiger partial charge in [0.25, 0.3) is 10.0 Å². The van der Waals surface area contributed by atoms with Gasteiger partial charge in [-0.1, -0.05) is 0 Å². The lowest BCUT2D eigenvalue weighted by molar-refractivity contribution is -0.119. The molecule has 0 atom stereocenters. The Hall–Kier alpha value is -2.79. The number of hydrogen-bond donors (Lipinski definition) is 2. The summed E-state index contributed by atoms with van der Waals surface area (Å²) < 4.78 is 29.2. The summed E-state index contributed by atoms with van der Waals surface area (Å²) in [6, 6.07) is 8.15. The molecule has 0 aromatic carbocycles. The van der Waals surface area contributed by atoms with Crippen LogP contribution < -0.4 is 10.0 Å². The minimum Gasteiger partial charge on any atom is -0.351 e. The molecule has 0 bridgehead atoms. The molecule has 0 spiro atoms. The van der Waals surface area contributed by atoms with E-state index in [9.17, 15) is 13.2 Å². The first kappa shape index (κ1) is 18.0. The summed E-state index contributed by atoms with van der Waals surface area (Å²) in [7, 11) is -3.79. The monoisotopic (exact) mass is 392 g/mol. The molecule has 3 aromatic rings. The number of rotatable bonds is 6. The summed E-state index contributed by atoms with van der Waals surface area (Å²) in [5.74, 6) is 0.472.